The predicted molar refractivity (Wildman–Crippen MR) is 116 cm³/mol. The van der Waals surface area contributed by atoms with Crippen LogP contribution in [0.25, 0.3) is 10.7 Å². The average molecular weight is 402 g/mol. The van der Waals surface area contributed by atoms with Gasteiger partial charge >= 0.3 is 0 Å². The van der Waals surface area contributed by atoms with Crippen molar-refractivity contribution in [3.05, 3.63) is 65.7 Å². The molecule has 2 aromatic carbocycles. The first-order valence-electron chi connectivity index (χ1n) is 9.20. The molecule has 0 saturated carbocycles. The van der Waals surface area contributed by atoms with Gasteiger partial charge in [0, 0.05) is 37.0 Å². The molecule has 0 aliphatic carbocycles. The van der Waals surface area contributed by atoms with E-state index in [-0.39, 0.29) is 5.24 Å². The third-order valence-corrected chi connectivity index (χ3v) is 5.78. The number of carbonyl (C=O) groups excluding carboxylic acids is 1. The van der Waals surface area contributed by atoms with Crippen LogP contribution in [0.5, 0.6) is 0 Å². The summed E-state index contributed by atoms with van der Waals surface area (Å²) in [7, 11) is 2.07. The summed E-state index contributed by atoms with van der Waals surface area (Å²) >= 11 is 7.24. The van der Waals surface area contributed by atoms with Gasteiger partial charge in [0.1, 0.15) is 5.76 Å². The van der Waals surface area contributed by atoms with Gasteiger partial charge in [-0.2, -0.15) is 0 Å². The van der Waals surface area contributed by atoms with E-state index in [0.29, 0.717) is 6.42 Å². The van der Waals surface area contributed by atoms with E-state index in [1.54, 1.807) is 0 Å². The third-order valence-electron chi connectivity index (χ3n) is 4.51. The summed E-state index contributed by atoms with van der Waals surface area (Å²) < 4.78 is 6.00. The van der Waals surface area contributed by atoms with Gasteiger partial charge in [0.25, 0.3) is 0 Å². The molecule has 0 spiro atoms. The van der Waals surface area contributed by atoms with Crippen LogP contribution in [0, 0.1) is 0 Å². The van der Waals surface area contributed by atoms with Crippen molar-refractivity contribution in [1.82, 2.24) is 0 Å². The third kappa shape index (κ3) is 5.53. The van der Waals surface area contributed by atoms with Gasteiger partial charge < -0.3 is 9.64 Å². The Kier molecular flexibility index (Phi) is 7.25. The predicted octanol–water partition coefficient (Wildman–Crippen LogP) is 5.65. The number of halogens is 1. The maximum Gasteiger partial charge on any atom is 0.221 e. The number of anilines is 1. The molecule has 0 aromatic heterocycles. The molecule has 0 unspecified atom stereocenters. The average Bonchev–Trinajstić information content (AvgIpc) is 2.72. The molecular weight excluding hydrogens is 378 g/mol. The summed E-state index contributed by atoms with van der Waals surface area (Å²) in [5.74, 6) is 1.94. The molecule has 5 heteroatoms. The Bertz CT molecular complexity index is 790. The van der Waals surface area contributed by atoms with Gasteiger partial charge in [-0.05, 0) is 42.1 Å². The molecular formula is C22H24ClNO2S. The molecule has 0 N–H and O–H groups in total. The number of hydrogen-bond donors (Lipinski definition) is 0. The Morgan fingerprint density at radius 1 is 1.07 bits per heavy atom. The van der Waals surface area contributed by atoms with E-state index in [1.165, 1.54) is 16.2 Å². The van der Waals surface area contributed by atoms with E-state index in [4.69, 9.17) is 16.3 Å². The zero-order valence-electron chi connectivity index (χ0n) is 15.5. The second-order valence-corrected chi connectivity index (χ2v) is 8.03. The first-order valence-corrected chi connectivity index (χ1v) is 10.6. The van der Waals surface area contributed by atoms with E-state index >= 15 is 0 Å². The Balaban J connectivity index is 1.72. The van der Waals surface area contributed by atoms with Gasteiger partial charge in [0.05, 0.1) is 11.5 Å². The monoisotopic (exact) mass is 401 g/mol. The lowest BCUT2D eigenvalue weighted by molar-refractivity contribution is -0.111. The number of hydrogen-bond acceptors (Lipinski definition) is 4. The number of ether oxygens (including phenoxy) is 1. The van der Waals surface area contributed by atoms with E-state index in [0.717, 1.165) is 43.1 Å². The van der Waals surface area contributed by atoms with Crippen LogP contribution in [0.4, 0.5) is 5.69 Å². The van der Waals surface area contributed by atoms with Crippen LogP contribution in [0.1, 0.15) is 30.4 Å². The molecule has 2 aromatic rings. The molecule has 1 heterocycles. The van der Waals surface area contributed by atoms with Crippen LogP contribution in [0.3, 0.4) is 0 Å². The van der Waals surface area contributed by atoms with Crippen LogP contribution in [0.15, 0.2) is 54.6 Å². The van der Waals surface area contributed by atoms with Gasteiger partial charge in [-0.1, -0.05) is 42.5 Å². The minimum absolute atomic E-state index is 0.253. The first-order chi connectivity index (χ1) is 13.1. The van der Waals surface area contributed by atoms with Crippen LogP contribution in [-0.4, -0.2) is 31.2 Å². The molecule has 3 nitrogen and oxygen atoms in total. The summed E-state index contributed by atoms with van der Waals surface area (Å²) in [4.78, 5) is 14.2. The zero-order chi connectivity index (χ0) is 19.1. The molecule has 0 radical (unpaired) electrons. The highest BCUT2D eigenvalue weighted by Crippen LogP contribution is 2.39. The highest BCUT2D eigenvalue weighted by atomic mass is 35.5. The minimum Gasteiger partial charge on any atom is -0.491 e. The number of carbonyl (C=O) groups is 1. The van der Waals surface area contributed by atoms with Crippen molar-refractivity contribution in [1.29, 1.82) is 0 Å². The van der Waals surface area contributed by atoms with E-state index < -0.39 is 0 Å². The van der Waals surface area contributed by atoms with Gasteiger partial charge in [-0.25, -0.2) is 0 Å². The van der Waals surface area contributed by atoms with Crippen molar-refractivity contribution in [2.75, 3.05) is 30.9 Å². The molecule has 1 aliphatic heterocycles. The van der Waals surface area contributed by atoms with Gasteiger partial charge in [-0.15, -0.1) is 11.8 Å². The Hall–Kier alpha value is -1.91. The normalized spacial score (nSPS) is 14.0. The number of unbranched alkanes of at least 4 members (excludes halogenated alkanes) is 1. The molecule has 0 saturated heterocycles. The van der Waals surface area contributed by atoms with Crippen LogP contribution >= 0.6 is 23.4 Å². The Morgan fingerprint density at radius 2 is 1.81 bits per heavy atom. The van der Waals surface area contributed by atoms with E-state index in [2.05, 4.69) is 48.3 Å². The number of benzene rings is 2. The summed E-state index contributed by atoms with van der Waals surface area (Å²) in [6.07, 6.45) is 2.22. The number of nitrogens with zero attached hydrogens (tertiary/aromatic N) is 1. The fraction of sp³-hybridized carbons (Fsp3) is 0.318. The summed E-state index contributed by atoms with van der Waals surface area (Å²) in [5.41, 5.74) is 3.47. The smallest absolute Gasteiger partial charge is 0.221 e. The lowest BCUT2D eigenvalue weighted by Crippen LogP contribution is -2.18. The molecule has 27 heavy (non-hydrogen) atoms. The fourth-order valence-electron chi connectivity index (χ4n) is 3.05. The van der Waals surface area contributed by atoms with E-state index in [9.17, 15) is 4.79 Å². The van der Waals surface area contributed by atoms with Gasteiger partial charge in [0.2, 0.25) is 5.24 Å². The topological polar surface area (TPSA) is 29.5 Å². The maximum atomic E-state index is 10.8. The van der Waals surface area contributed by atoms with Crippen LogP contribution < -0.4 is 4.90 Å². The molecule has 1 aliphatic rings. The molecule has 3 rings (SSSR count). The molecule has 0 amide bonds. The highest BCUT2D eigenvalue weighted by Gasteiger charge is 2.18. The largest absolute Gasteiger partial charge is 0.491 e. The Labute approximate surface area is 170 Å². The maximum absolute atomic E-state index is 10.8. The molecule has 0 atom stereocenters. The quantitative estimate of drug-likeness (QED) is 0.422. The lowest BCUT2D eigenvalue weighted by Gasteiger charge is -2.23. The Morgan fingerprint density at radius 3 is 2.52 bits per heavy atom. The minimum atomic E-state index is -0.253. The van der Waals surface area contributed by atoms with Crippen LogP contribution in [0.2, 0.25) is 0 Å². The standard InChI is InChI=1S/C22H24ClNO2S/c1-24(14-6-5-9-20(23)25)19-12-10-18(11-13-19)22-21(26-15-16-27-22)17-7-3-2-4-8-17/h2-4,7-8,10-13H,5-6,9,14-16H2,1H3. The number of thioether (sulfide) groups is 1. The SMILES string of the molecule is CN(CCCCC(=O)Cl)c1ccc(C2=C(c3ccccc3)OCCS2)cc1. The second-order valence-electron chi connectivity index (χ2n) is 6.50. The van der Waals surface area contributed by atoms with Crippen molar-refractivity contribution < 1.29 is 9.53 Å². The van der Waals surface area contributed by atoms with E-state index in [1.807, 2.05) is 30.0 Å². The molecule has 0 bridgehead atoms. The van der Waals surface area contributed by atoms with Gasteiger partial charge in [-0.3, -0.25) is 4.79 Å². The van der Waals surface area contributed by atoms with Crippen molar-refractivity contribution in [2.45, 2.75) is 19.3 Å². The second kappa shape index (κ2) is 9.86. The molecule has 142 valence electrons. The first kappa shape index (κ1) is 19.8. The summed E-state index contributed by atoms with van der Waals surface area (Å²) in [5, 5.41) is -0.253. The summed E-state index contributed by atoms with van der Waals surface area (Å²) in [6, 6.07) is 18.9. The zero-order valence-corrected chi connectivity index (χ0v) is 17.1. The highest BCUT2D eigenvalue weighted by molar-refractivity contribution is 8.08. The van der Waals surface area contributed by atoms with Crippen molar-refractivity contribution in [3.63, 3.8) is 0 Å². The molecule has 0 fully saturated rings. The number of rotatable bonds is 8. The fourth-order valence-corrected chi connectivity index (χ4v) is 4.16. The van der Waals surface area contributed by atoms with Crippen molar-refractivity contribution in [3.8, 4) is 0 Å². The van der Waals surface area contributed by atoms with Crippen molar-refractivity contribution in [2.24, 2.45) is 0 Å². The summed E-state index contributed by atoms with van der Waals surface area (Å²) in [6.45, 7) is 1.64. The lowest BCUT2D eigenvalue weighted by atomic mass is 10.1. The van der Waals surface area contributed by atoms with Gasteiger partial charge in [0.15, 0.2) is 0 Å². The van der Waals surface area contributed by atoms with Crippen LogP contribution in [-0.2, 0) is 9.53 Å². The van der Waals surface area contributed by atoms with Crippen molar-refractivity contribution >= 4 is 45.0 Å².